The van der Waals surface area contributed by atoms with Crippen LogP contribution in [0, 0.1) is 5.92 Å². The minimum absolute atomic E-state index is 0. The first-order valence-corrected chi connectivity index (χ1v) is 11.8. The second kappa shape index (κ2) is 14.3. The second-order valence-corrected chi connectivity index (χ2v) is 9.15. The van der Waals surface area contributed by atoms with E-state index in [4.69, 9.17) is 4.74 Å². The Morgan fingerprint density at radius 3 is 2.62 bits per heavy atom. The zero-order valence-corrected chi connectivity index (χ0v) is 22.1. The van der Waals surface area contributed by atoms with E-state index in [1.165, 1.54) is 18.5 Å². The summed E-state index contributed by atoms with van der Waals surface area (Å²) < 4.78 is 5.40. The lowest BCUT2D eigenvalue weighted by molar-refractivity contribution is -0.0180. The van der Waals surface area contributed by atoms with Crippen molar-refractivity contribution in [1.82, 2.24) is 20.4 Å². The Labute approximate surface area is 211 Å². The number of hydrogen-bond acceptors (Lipinski definition) is 5. The van der Waals surface area contributed by atoms with Gasteiger partial charge in [0.25, 0.3) is 0 Å². The number of nitrogens with one attached hydrogen (secondary N) is 2. The number of guanidine groups is 1. The number of rotatable bonds is 10. The van der Waals surface area contributed by atoms with Crippen LogP contribution in [0.25, 0.3) is 0 Å². The van der Waals surface area contributed by atoms with Gasteiger partial charge in [0.05, 0.1) is 25.4 Å². The summed E-state index contributed by atoms with van der Waals surface area (Å²) in [6.07, 6.45) is 2.33. The van der Waals surface area contributed by atoms with Crippen LogP contribution in [0.2, 0.25) is 0 Å². The molecule has 0 bridgehead atoms. The predicted molar refractivity (Wildman–Crippen MR) is 142 cm³/mol. The Balaban J connectivity index is 0.00000363. The molecule has 0 aromatic heterocycles. The van der Waals surface area contributed by atoms with Crippen LogP contribution < -0.4 is 10.6 Å². The maximum Gasteiger partial charge on any atom is 0.191 e. The van der Waals surface area contributed by atoms with Crippen molar-refractivity contribution in [2.24, 2.45) is 10.9 Å². The summed E-state index contributed by atoms with van der Waals surface area (Å²) in [6, 6.07) is 10.7. The molecular weight excluding hydrogens is 517 g/mol. The van der Waals surface area contributed by atoms with Gasteiger partial charge in [0.15, 0.2) is 5.96 Å². The molecular formula is C24H42IN5O2. The van der Waals surface area contributed by atoms with Crippen molar-refractivity contribution in [2.75, 3.05) is 72.1 Å². The van der Waals surface area contributed by atoms with Gasteiger partial charge in [0, 0.05) is 45.8 Å². The number of aliphatic hydroxyl groups is 1. The average Bonchev–Trinajstić information content (AvgIpc) is 3.23. The lowest BCUT2D eigenvalue weighted by Crippen LogP contribution is -2.48. The third-order valence-corrected chi connectivity index (χ3v) is 6.08. The van der Waals surface area contributed by atoms with Crippen LogP contribution in [-0.4, -0.2) is 98.6 Å². The predicted octanol–water partition coefficient (Wildman–Crippen LogP) is 1.81. The SMILES string of the molecule is CCNC(=NCC(C)(O)CN1CCOCC1)NCC1CCN(CCc2ccccc2)C1.I. The van der Waals surface area contributed by atoms with Gasteiger partial charge in [-0.15, -0.1) is 24.0 Å². The van der Waals surface area contributed by atoms with Crippen molar-refractivity contribution < 1.29 is 9.84 Å². The molecule has 32 heavy (non-hydrogen) atoms. The van der Waals surface area contributed by atoms with Crippen LogP contribution in [-0.2, 0) is 11.2 Å². The number of β-amino-alcohol motifs (C(OH)–C–C–N with tert-alkyl or cyclic N) is 1. The monoisotopic (exact) mass is 559 g/mol. The highest BCUT2D eigenvalue weighted by molar-refractivity contribution is 14.0. The highest BCUT2D eigenvalue weighted by atomic mass is 127. The van der Waals surface area contributed by atoms with Gasteiger partial charge >= 0.3 is 0 Å². The first-order valence-electron chi connectivity index (χ1n) is 11.8. The molecule has 0 radical (unpaired) electrons. The molecule has 2 fully saturated rings. The largest absolute Gasteiger partial charge is 0.387 e. The minimum Gasteiger partial charge on any atom is -0.387 e. The molecule has 2 saturated heterocycles. The number of nitrogens with zero attached hydrogens (tertiary/aromatic N) is 3. The zero-order valence-electron chi connectivity index (χ0n) is 19.8. The molecule has 182 valence electrons. The van der Waals surface area contributed by atoms with Crippen LogP contribution >= 0.6 is 24.0 Å². The molecule has 3 rings (SSSR count). The van der Waals surface area contributed by atoms with Crippen molar-refractivity contribution in [3.63, 3.8) is 0 Å². The van der Waals surface area contributed by atoms with E-state index in [1.807, 2.05) is 6.92 Å². The molecule has 0 amide bonds. The number of hydrogen-bond donors (Lipinski definition) is 3. The molecule has 0 saturated carbocycles. The minimum atomic E-state index is -0.846. The van der Waals surface area contributed by atoms with E-state index in [2.05, 4.69) is 62.7 Å². The molecule has 8 heteroatoms. The fourth-order valence-electron chi connectivity index (χ4n) is 4.34. The number of aliphatic imine (C=N–C) groups is 1. The highest BCUT2D eigenvalue weighted by Crippen LogP contribution is 2.16. The topological polar surface area (TPSA) is 72.4 Å². The van der Waals surface area contributed by atoms with Crippen LogP contribution in [0.15, 0.2) is 35.3 Å². The second-order valence-electron chi connectivity index (χ2n) is 9.15. The first-order chi connectivity index (χ1) is 15.0. The maximum atomic E-state index is 10.8. The van der Waals surface area contributed by atoms with Crippen LogP contribution in [0.5, 0.6) is 0 Å². The van der Waals surface area contributed by atoms with Gasteiger partial charge in [0.2, 0.25) is 0 Å². The Hall–Kier alpha value is -0.940. The van der Waals surface area contributed by atoms with Gasteiger partial charge < -0.3 is 25.4 Å². The van der Waals surface area contributed by atoms with Gasteiger partial charge in [0.1, 0.15) is 0 Å². The smallest absolute Gasteiger partial charge is 0.191 e. The highest BCUT2D eigenvalue weighted by Gasteiger charge is 2.26. The van der Waals surface area contributed by atoms with Crippen LogP contribution in [0.4, 0.5) is 0 Å². The maximum absolute atomic E-state index is 10.8. The van der Waals surface area contributed by atoms with Gasteiger partial charge in [-0.1, -0.05) is 30.3 Å². The number of morpholine rings is 1. The first kappa shape index (κ1) is 27.3. The number of ether oxygens (including phenoxy) is 1. The lowest BCUT2D eigenvalue weighted by atomic mass is 10.1. The van der Waals surface area contributed by atoms with Gasteiger partial charge in [-0.3, -0.25) is 9.89 Å². The molecule has 2 unspecified atom stereocenters. The molecule has 2 aliphatic heterocycles. The van der Waals surface area contributed by atoms with Gasteiger partial charge in [-0.2, -0.15) is 0 Å². The van der Waals surface area contributed by atoms with E-state index in [9.17, 15) is 5.11 Å². The summed E-state index contributed by atoms with van der Waals surface area (Å²) in [5, 5.41) is 17.6. The molecule has 2 aliphatic rings. The number of likely N-dealkylation sites (tertiary alicyclic amines) is 1. The van der Waals surface area contributed by atoms with E-state index in [0.29, 0.717) is 19.0 Å². The van der Waals surface area contributed by atoms with Crippen molar-refractivity contribution in [3.05, 3.63) is 35.9 Å². The Bertz CT molecular complexity index is 668. The fourth-order valence-corrected chi connectivity index (χ4v) is 4.34. The molecule has 2 heterocycles. The zero-order chi connectivity index (χ0) is 21.9. The summed E-state index contributed by atoms with van der Waals surface area (Å²) in [5.41, 5.74) is 0.566. The molecule has 7 nitrogen and oxygen atoms in total. The fraction of sp³-hybridized carbons (Fsp3) is 0.708. The normalized spacial score (nSPS) is 22.2. The average molecular weight is 560 g/mol. The Kier molecular flexibility index (Phi) is 12.2. The summed E-state index contributed by atoms with van der Waals surface area (Å²) in [5.74, 6) is 1.43. The summed E-state index contributed by atoms with van der Waals surface area (Å²) in [6.45, 7) is 13.3. The van der Waals surface area contributed by atoms with Crippen molar-refractivity contribution in [1.29, 1.82) is 0 Å². The van der Waals surface area contributed by atoms with Gasteiger partial charge in [-0.25, -0.2) is 0 Å². The Morgan fingerprint density at radius 1 is 1.16 bits per heavy atom. The number of benzene rings is 1. The van der Waals surface area contributed by atoms with E-state index in [1.54, 1.807) is 0 Å². The molecule has 3 N–H and O–H groups in total. The molecule has 1 aromatic carbocycles. The van der Waals surface area contributed by atoms with Crippen LogP contribution in [0.3, 0.4) is 0 Å². The summed E-state index contributed by atoms with van der Waals surface area (Å²) >= 11 is 0. The molecule has 0 spiro atoms. The van der Waals surface area contributed by atoms with E-state index < -0.39 is 5.60 Å². The lowest BCUT2D eigenvalue weighted by Gasteiger charge is -2.33. The molecule has 2 atom stereocenters. The third kappa shape index (κ3) is 9.91. The summed E-state index contributed by atoms with van der Waals surface area (Å²) in [7, 11) is 0. The van der Waals surface area contributed by atoms with E-state index >= 15 is 0 Å². The quantitative estimate of drug-likeness (QED) is 0.231. The number of halogens is 1. The van der Waals surface area contributed by atoms with Crippen molar-refractivity contribution >= 4 is 29.9 Å². The standard InChI is InChI=1S/C24H41N5O2.HI/c1-3-25-23(27-19-24(2,30)20-29-13-15-31-16-14-29)26-17-22-10-12-28(18-22)11-9-21-7-5-4-6-8-21;/h4-8,22,30H,3,9-20H2,1-2H3,(H2,25,26,27);1H. The molecule has 0 aliphatic carbocycles. The van der Waals surface area contributed by atoms with Crippen molar-refractivity contribution in [3.8, 4) is 0 Å². The molecule has 1 aromatic rings. The van der Waals surface area contributed by atoms with E-state index in [-0.39, 0.29) is 24.0 Å². The van der Waals surface area contributed by atoms with E-state index in [0.717, 1.165) is 64.9 Å². The van der Waals surface area contributed by atoms with Crippen molar-refractivity contribution in [2.45, 2.75) is 32.3 Å². The Morgan fingerprint density at radius 2 is 1.91 bits per heavy atom. The van der Waals surface area contributed by atoms with Gasteiger partial charge in [-0.05, 0) is 44.7 Å². The summed E-state index contributed by atoms with van der Waals surface area (Å²) in [4.78, 5) is 9.50. The van der Waals surface area contributed by atoms with Crippen LogP contribution in [0.1, 0.15) is 25.8 Å². The third-order valence-electron chi connectivity index (χ3n) is 6.08.